The first-order chi connectivity index (χ1) is 8.58. The quantitative estimate of drug-likeness (QED) is 0.843. The minimum atomic E-state index is -0.0927. The van der Waals surface area contributed by atoms with E-state index in [1.165, 1.54) is 0 Å². The van der Waals surface area contributed by atoms with E-state index in [2.05, 4.69) is 21.2 Å². The molecular formula is C14H17BrN2O. The third-order valence-corrected chi connectivity index (χ3v) is 3.91. The number of rotatable bonds is 3. The molecule has 3 unspecified atom stereocenters. The zero-order chi connectivity index (χ0) is 13.1. The van der Waals surface area contributed by atoms with Crippen LogP contribution in [-0.4, -0.2) is 11.9 Å². The fourth-order valence-electron chi connectivity index (χ4n) is 2.15. The summed E-state index contributed by atoms with van der Waals surface area (Å²) in [5.41, 5.74) is 6.84. The van der Waals surface area contributed by atoms with Crippen LogP contribution in [0, 0.1) is 5.92 Å². The van der Waals surface area contributed by atoms with E-state index in [0.717, 1.165) is 10.0 Å². The minimum Gasteiger partial charge on any atom is -0.349 e. The maximum atomic E-state index is 12.1. The molecule has 1 aliphatic carbocycles. The molecule has 4 heteroatoms. The Kier molecular flexibility index (Phi) is 4.19. The van der Waals surface area contributed by atoms with Gasteiger partial charge < -0.3 is 11.1 Å². The van der Waals surface area contributed by atoms with Gasteiger partial charge in [0.15, 0.2) is 0 Å². The van der Waals surface area contributed by atoms with E-state index in [1.807, 2.05) is 43.3 Å². The number of carbonyl (C=O) groups is 1. The first-order valence-corrected chi connectivity index (χ1v) is 6.86. The Bertz CT molecular complexity index is 473. The van der Waals surface area contributed by atoms with Crippen molar-refractivity contribution in [3.8, 4) is 0 Å². The molecule has 3 atom stereocenters. The van der Waals surface area contributed by atoms with Crippen molar-refractivity contribution < 1.29 is 4.79 Å². The maximum absolute atomic E-state index is 12.1. The summed E-state index contributed by atoms with van der Waals surface area (Å²) >= 11 is 3.49. The monoisotopic (exact) mass is 308 g/mol. The van der Waals surface area contributed by atoms with E-state index < -0.39 is 0 Å². The number of carbonyl (C=O) groups excluding carboxylic acids is 1. The van der Waals surface area contributed by atoms with E-state index in [1.54, 1.807) is 0 Å². The number of halogens is 1. The van der Waals surface area contributed by atoms with Gasteiger partial charge in [0.25, 0.3) is 0 Å². The van der Waals surface area contributed by atoms with Gasteiger partial charge in [0, 0.05) is 10.5 Å². The van der Waals surface area contributed by atoms with Crippen LogP contribution in [0.15, 0.2) is 40.9 Å². The highest BCUT2D eigenvalue weighted by Gasteiger charge is 2.24. The van der Waals surface area contributed by atoms with Crippen LogP contribution in [0.4, 0.5) is 0 Å². The number of hydrogen-bond donors (Lipinski definition) is 2. The van der Waals surface area contributed by atoms with Crippen molar-refractivity contribution in [2.45, 2.75) is 25.4 Å². The van der Waals surface area contributed by atoms with Gasteiger partial charge in [-0.2, -0.15) is 0 Å². The van der Waals surface area contributed by atoms with E-state index in [-0.39, 0.29) is 23.9 Å². The molecule has 0 saturated heterocycles. The van der Waals surface area contributed by atoms with E-state index in [9.17, 15) is 4.79 Å². The maximum Gasteiger partial charge on any atom is 0.227 e. The number of benzene rings is 1. The van der Waals surface area contributed by atoms with E-state index >= 15 is 0 Å². The SMILES string of the molecule is CC(NC(=O)C1C=CC(N)C1)c1ccccc1Br. The first kappa shape index (κ1) is 13.3. The number of nitrogens with two attached hydrogens (primary N) is 1. The van der Waals surface area contributed by atoms with Crippen molar-refractivity contribution >= 4 is 21.8 Å². The van der Waals surface area contributed by atoms with Crippen LogP contribution in [-0.2, 0) is 4.79 Å². The predicted octanol–water partition coefficient (Wildman–Crippen LogP) is 2.53. The lowest BCUT2D eigenvalue weighted by molar-refractivity contribution is -0.124. The zero-order valence-corrected chi connectivity index (χ0v) is 11.9. The van der Waals surface area contributed by atoms with Gasteiger partial charge in [-0.15, -0.1) is 0 Å². The highest BCUT2D eigenvalue weighted by Crippen LogP contribution is 2.24. The topological polar surface area (TPSA) is 55.1 Å². The Labute approximate surface area is 116 Å². The van der Waals surface area contributed by atoms with Crippen LogP contribution < -0.4 is 11.1 Å². The van der Waals surface area contributed by atoms with Gasteiger partial charge in [-0.05, 0) is 25.0 Å². The molecule has 3 N–H and O–H groups in total. The summed E-state index contributed by atoms with van der Waals surface area (Å²) in [5, 5.41) is 3.02. The molecule has 3 nitrogen and oxygen atoms in total. The standard InChI is InChI=1S/C14H17BrN2O/c1-9(12-4-2-3-5-13(12)15)17-14(18)10-6-7-11(16)8-10/h2-7,9-11H,8,16H2,1H3,(H,17,18). The Morgan fingerprint density at radius 1 is 1.44 bits per heavy atom. The molecule has 0 spiro atoms. The molecule has 1 aromatic carbocycles. The number of amides is 1. The summed E-state index contributed by atoms with van der Waals surface area (Å²) in [5.74, 6) is -0.0487. The van der Waals surface area contributed by atoms with Crippen molar-refractivity contribution in [1.29, 1.82) is 0 Å². The molecule has 0 heterocycles. The highest BCUT2D eigenvalue weighted by atomic mass is 79.9. The molecule has 1 aromatic rings. The van der Waals surface area contributed by atoms with Gasteiger partial charge in [-0.3, -0.25) is 4.79 Å². The zero-order valence-electron chi connectivity index (χ0n) is 10.3. The average molecular weight is 309 g/mol. The third kappa shape index (κ3) is 3.00. The van der Waals surface area contributed by atoms with Gasteiger partial charge in [-0.1, -0.05) is 46.3 Å². The Balaban J connectivity index is 2.00. The molecule has 96 valence electrons. The van der Waals surface area contributed by atoms with Crippen molar-refractivity contribution in [3.05, 3.63) is 46.5 Å². The van der Waals surface area contributed by atoms with Gasteiger partial charge in [0.1, 0.15) is 0 Å². The lowest BCUT2D eigenvalue weighted by Gasteiger charge is -2.18. The van der Waals surface area contributed by atoms with Gasteiger partial charge in [0.2, 0.25) is 5.91 Å². The molecule has 0 aliphatic heterocycles. The van der Waals surface area contributed by atoms with E-state index in [0.29, 0.717) is 6.42 Å². The van der Waals surface area contributed by atoms with Gasteiger partial charge in [-0.25, -0.2) is 0 Å². The molecule has 1 aliphatic rings. The largest absolute Gasteiger partial charge is 0.349 e. The summed E-state index contributed by atoms with van der Waals surface area (Å²) < 4.78 is 1.01. The van der Waals surface area contributed by atoms with E-state index in [4.69, 9.17) is 5.73 Å². The Hall–Kier alpha value is -1.13. The normalized spacial score (nSPS) is 23.9. The van der Waals surface area contributed by atoms with Crippen molar-refractivity contribution in [2.75, 3.05) is 0 Å². The molecule has 18 heavy (non-hydrogen) atoms. The lowest BCUT2D eigenvalue weighted by atomic mass is 10.0. The predicted molar refractivity (Wildman–Crippen MR) is 75.9 cm³/mol. The highest BCUT2D eigenvalue weighted by molar-refractivity contribution is 9.10. The molecule has 0 bridgehead atoms. The lowest BCUT2D eigenvalue weighted by Crippen LogP contribution is -2.32. The fourth-order valence-corrected chi connectivity index (χ4v) is 2.77. The summed E-state index contributed by atoms with van der Waals surface area (Å²) in [6, 6.07) is 7.90. The van der Waals surface area contributed by atoms with Crippen LogP contribution >= 0.6 is 15.9 Å². The molecule has 0 aromatic heterocycles. The summed E-state index contributed by atoms with van der Waals surface area (Å²) in [6.07, 6.45) is 4.49. The van der Waals surface area contributed by atoms with Gasteiger partial charge >= 0.3 is 0 Å². The molecule has 0 radical (unpaired) electrons. The molecule has 1 amide bonds. The van der Waals surface area contributed by atoms with Crippen LogP contribution in [0.3, 0.4) is 0 Å². The molecular weight excluding hydrogens is 292 g/mol. The van der Waals surface area contributed by atoms with Crippen molar-refractivity contribution in [3.63, 3.8) is 0 Å². The number of nitrogens with one attached hydrogen (secondary N) is 1. The molecule has 2 rings (SSSR count). The average Bonchev–Trinajstić information content (AvgIpc) is 2.76. The van der Waals surface area contributed by atoms with Crippen LogP contribution in [0.5, 0.6) is 0 Å². The molecule has 0 fully saturated rings. The minimum absolute atomic E-state index is 0.0134. The second-order valence-corrected chi connectivity index (χ2v) is 5.50. The van der Waals surface area contributed by atoms with Crippen LogP contribution in [0.2, 0.25) is 0 Å². The van der Waals surface area contributed by atoms with Crippen molar-refractivity contribution in [1.82, 2.24) is 5.32 Å². The Morgan fingerprint density at radius 3 is 2.78 bits per heavy atom. The first-order valence-electron chi connectivity index (χ1n) is 6.06. The summed E-state index contributed by atoms with van der Waals surface area (Å²) in [7, 11) is 0. The summed E-state index contributed by atoms with van der Waals surface area (Å²) in [6.45, 7) is 1.98. The van der Waals surface area contributed by atoms with Gasteiger partial charge in [0.05, 0.1) is 12.0 Å². The van der Waals surface area contributed by atoms with Crippen molar-refractivity contribution in [2.24, 2.45) is 11.7 Å². The van der Waals surface area contributed by atoms with Crippen LogP contribution in [0.25, 0.3) is 0 Å². The number of hydrogen-bond acceptors (Lipinski definition) is 2. The summed E-state index contributed by atoms with van der Waals surface area (Å²) in [4.78, 5) is 12.1. The second-order valence-electron chi connectivity index (χ2n) is 4.64. The van der Waals surface area contributed by atoms with Crippen LogP contribution in [0.1, 0.15) is 24.9 Å². The molecule has 0 saturated carbocycles. The third-order valence-electron chi connectivity index (χ3n) is 3.18. The second kappa shape index (κ2) is 5.67. The smallest absolute Gasteiger partial charge is 0.227 e. The Morgan fingerprint density at radius 2 is 2.17 bits per heavy atom. The fraction of sp³-hybridized carbons (Fsp3) is 0.357.